The van der Waals surface area contributed by atoms with Gasteiger partial charge < -0.3 is 15.2 Å². The first-order valence-electron chi connectivity index (χ1n) is 7.51. The minimum absolute atomic E-state index is 0.220. The van der Waals surface area contributed by atoms with Crippen LogP contribution >= 0.6 is 23.4 Å². The van der Waals surface area contributed by atoms with Gasteiger partial charge in [0, 0.05) is 10.6 Å². The van der Waals surface area contributed by atoms with Crippen LogP contribution in [0.5, 0.6) is 5.75 Å². The van der Waals surface area contributed by atoms with Crippen molar-refractivity contribution in [2.45, 2.75) is 13.0 Å². The van der Waals surface area contributed by atoms with E-state index in [0.717, 1.165) is 11.8 Å². The monoisotopic (exact) mass is 390 g/mol. The number of nitrogens with zero attached hydrogens (tertiary/aromatic N) is 3. The Balaban J connectivity index is 2.29. The molecular weight excluding hydrogens is 376 g/mol. The second-order valence-corrected chi connectivity index (χ2v) is 6.89. The number of nitriles is 1. The molecular formula is C17H15ClN4O3S. The van der Waals surface area contributed by atoms with Gasteiger partial charge in [0.25, 0.3) is 0 Å². The first-order valence-corrected chi connectivity index (χ1v) is 8.70. The van der Waals surface area contributed by atoms with Crippen LogP contribution in [0.1, 0.15) is 18.5 Å². The number of ether oxygens (including phenoxy) is 2. The number of carbonyl (C=O) groups is 1. The van der Waals surface area contributed by atoms with Gasteiger partial charge >= 0.3 is 5.97 Å². The lowest BCUT2D eigenvalue weighted by atomic mass is 9.93. The fourth-order valence-corrected chi connectivity index (χ4v) is 4.02. The number of methoxy groups -OCH3 is 2. The Morgan fingerprint density at radius 3 is 2.81 bits per heavy atom. The topological polar surface area (TPSA) is 101 Å². The minimum Gasteiger partial charge on any atom is -0.496 e. The molecule has 0 saturated heterocycles. The van der Waals surface area contributed by atoms with Crippen LogP contribution in [0.15, 0.2) is 45.2 Å². The average molecular weight is 391 g/mol. The van der Waals surface area contributed by atoms with Gasteiger partial charge in [-0.2, -0.15) is 5.26 Å². The van der Waals surface area contributed by atoms with Crippen molar-refractivity contribution >= 4 is 34.5 Å². The molecule has 3 rings (SSSR count). The Hall–Kier alpha value is -2.63. The summed E-state index contributed by atoms with van der Waals surface area (Å²) in [5.74, 6) is 0.204. The van der Waals surface area contributed by atoms with Gasteiger partial charge in [-0.3, -0.25) is 4.90 Å². The summed E-state index contributed by atoms with van der Waals surface area (Å²) < 4.78 is 10.4. The summed E-state index contributed by atoms with van der Waals surface area (Å²) in [6.07, 6.45) is 0. The number of aliphatic imine (C=N–C) groups is 1. The van der Waals surface area contributed by atoms with Crippen molar-refractivity contribution in [2.75, 3.05) is 14.2 Å². The summed E-state index contributed by atoms with van der Waals surface area (Å²) in [6.45, 7) is 1.71. The summed E-state index contributed by atoms with van der Waals surface area (Å²) in [5, 5.41) is 10.3. The lowest BCUT2D eigenvalue weighted by Gasteiger charge is -2.35. The van der Waals surface area contributed by atoms with Crippen LogP contribution in [0.2, 0.25) is 5.02 Å². The molecule has 0 spiro atoms. The number of hydrogen-bond donors (Lipinski definition) is 1. The second-order valence-electron chi connectivity index (χ2n) is 5.47. The van der Waals surface area contributed by atoms with Crippen molar-refractivity contribution in [3.8, 4) is 11.8 Å². The molecule has 2 aliphatic heterocycles. The molecule has 0 saturated carbocycles. The number of allylic oxidation sites excluding steroid dienone is 2. The van der Waals surface area contributed by atoms with Crippen LogP contribution in [0, 0.1) is 11.3 Å². The van der Waals surface area contributed by atoms with Crippen molar-refractivity contribution in [1.29, 1.82) is 5.26 Å². The number of fused-ring (bicyclic) bond motifs is 1. The Morgan fingerprint density at radius 2 is 2.19 bits per heavy atom. The number of esters is 1. The molecule has 0 amide bonds. The predicted molar refractivity (Wildman–Crippen MR) is 99.2 cm³/mol. The molecule has 26 heavy (non-hydrogen) atoms. The predicted octanol–water partition coefficient (Wildman–Crippen LogP) is 2.91. The van der Waals surface area contributed by atoms with Crippen molar-refractivity contribution < 1.29 is 14.3 Å². The quantitative estimate of drug-likeness (QED) is 0.791. The number of halogens is 1. The van der Waals surface area contributed by atoms with Gasteiger partial charge in [0.1, 0.15) is 28.6 Å². The Bertz CT molecular complexity index is 932. The molecule has 1 aromatic rings. The van der Waals surface area contributed by atoms with Crippen molar-refractivity contribution in [1.82, 2.24) is 4.90 Å². The maximum atomic E-state index is 12.5. The van der Waals surface area contributed by atoms with E-state index >= 15 is 0 Å². The van der Waals surface area contributed by atoms with Gasteiger partial charge in [-0.25, -0.2) is 9.79 Å². The zero-order chi connectivity index (χ0) is 19.0. The highest BCUT2D eigenvalue weighted by molar-refractivity contribution is 8.17. The molecule has 0 aromatic heterocycles. The lowest BCUT2D eigenvalue weighted by molar-refractivity contribution is -0.136. The maximum absolute atomic E-state index is 12.5. The minimum atomic E-state index is -0.679. The molecule has 9 heteroatoms. The first kappa shape index (κ1) is 18.2. The van der Waals surface area contributed by atoms with Crippen LogP contribution in [0.3, 0.4) is 0 Å². The summed E-state index contributed by atoms with van der Waals surface area (Å²) in [5.41, 5.74) is 7.59. The van der Waals surface area contributed by atoms with E-state index < -0.39 is 12.0 Å². The van der Waals surface area contributed by atoms with Gasteiger partial charge in [-0.15, -0.1) is 0 Å². The maximum Gasteiger partial charge on any atom is 0.338 e. The Morgan fingerprint density at radius 1 is 1.46 bits per heavy atom. The zero-order valence-corrected chi connectivity index (χ0v) is 15.8. The highest BCUT2D eigenvalue weighted by atomic mass is 35.5. The van der Waals surface area contributed by atoms with Gasteiger partial charge in [-0.1, -0.05) is 11.6 Å². The molecule has 134 valence electrons. The third kappa shape index (κ3) is 2.79. The number of amidine groups is 1. The van der Waals surface area contributed by atoms with Crippen LogP contribution in [-0.4, -0.2) is 30.3 Å². The fraction of sp³-hybridized carbons (Fsp3) is 0.235. The second kappa shape index (κ2) is 6.94. The van der Waals surface area contributed by atoms with E-state index in [9.17, 15) is 10.1 Å². The van der Waals surface area contributed by atoms with E-state index in [-0.39, 0.29) is 5.82 Å². The van der Waals surface area contributed by atoms with Crippen molar-refractivity contribution in [2.24, 2.45) is 10.7 Å². The van der Waals surface area contributed by atoms with E-state index in [4.69, 9.17) is 26.8 Å². The molecule has 1 aromatic carbocycles. The number of thioether (sulfide) groups is 1. The van der Waals surface area contributed by atoms with E-state index in [0.29, 0.717) is 37.7 Å². The third-order valence-corrected chi connectivity index (χ3v) is 5.28. The number of nitrogens with two attached hydrogens (primary N) is 1. The van der Waals surface area contributed by atoms with Gasteiger partial charge in [0.15, 0.2) is 5.17 Å². The van der Waals surface area contributed by atoms with Gasteiger partial charge in [0.2, 0.25) is 0 Å². The molecule has 2 aliphatic rings. The Kier molecular flexibility index (Phi) is 4.85. The summed E-state index contributed by atoms with van der Waals surface area (Å²) >= 11 is 7.34. The highest BCUT2D eigenvalue weighted by Crippen LogP contribution is 2.47. The summed E-state index contributed by atoms with van der Waals surface area (Å²) in [4.78, 5) is 18.9. The van der Waals surface area contributed by atoms with Crippen LogP contribution in [0.25, 0.3) is 0 Å². The third-order valence-electron chi connectivity index (χ3n) is 4.07. The number of benzene rings is 1. The molecule has 2 heterocycles. The molecule has 0 unspecified atom stereocenters. The number of carbonyl (C=O) groups excluding carboxylic acids is 1. The first-order chi connectivity index (χ1) is 12.4. The normalized spacial score (nSPS) is 19.1. The van der Waals surface area contributed by atoms with E-state index in [1.807, 2.05) is 0 Å². The molecule has 1 atom stereocenters. The van der Waals surface area contributed by atoms with Gasteiger partial charge in [-0.05, 0) is 36.9 Å². The molecule has 0 radical (unpaired) electrons. The van der Waals surface area contributed by atoms with Gasteiger partial charge in [0.05, 0.1) is 25.5 Å². The SMILES string of the molecule is COC(=O)C1=C(C)N=C2SC(C#N)=C(N)N2[C@@H]1c1cc(Cl)ccc1OC. The number of hydrogen-bond acceptors (Lipinski definition) is 8. The molecule has 2 N–H and O–H groups in total. The highest BCUT2D eigenvalue weighted by Gasteiger charge is 2.43. The van der Waals surface area contributed by atoms with Crippen LogP contribution in [0.4, 0.5) is 0 Å². The molecule has 0 aliphatic carbocycles. The molecule has 7 nitrogen and oxygen atoms in total. The lowest BCUT2D eigenvalue weighted by Crippen LogP contribution is -2.38. The number of rotatable bonds is 3. The molecule has 0 fully saturated rings. The standard InChI is InChI=1S/C17H15ClN4O3S/c1-8-13(16(23)25-3)14(10-6-9(18)4-5-11(10)24-2)22-15(20)12(7-19)26-17(22)21-8/h4-6,14H,20H2,1-3H3/t14-/m1/s1. The van der Waals surface area contributed by atoms with Crippen molar-refractivity contribution in [3.63, 3.8) is 0 Å². The summed E-state index contributed by atoms with van der Waals surface area (Å²) in [6, 6.07) is 6.48. The van der Waals surface area contributed by atoms with Crippen LogP contribution < -0.4 is 10.5 Å². The van der Waals surface area contributed by atoms with E-state index in [2.05, 4.69) is 11.1 Å². The fourth-order valence-electron chi connectivity index (χ4n) is 2.92. The molecule has 0 bridgehead atoms. The van der Waals surface area contributed by atoms with E-state index in [1.54, 1.807) is 30.0 Å². The zero-order valence-electron chi connectivity index (χ0n) is 14.2. The smallest absolute Gasteiger partial charge is 0.338 e. The summed E-state index contributed by atoms with van der Waals surface area (Å²) in [7, 11) is 2.82. The Labute approximate surface area is 159 Å². The van der Waals surface area contributed by atoms with Crippen molar-refractivity contribution in [3.05, 3.63) is 50.8 Å². The van der Waals surface area contributed by atoms with E-state index in [1.165, 1.54) is 14.2 Å². The van der Waals surface area contributed by atoms with Crippen LogP contribution in [-0.2, 0) is 9.53 Å². The average Bonchev–Trinajstić information content (AvgIpc) is 2.95. The largest absolute Gasteiger partial charge is 0.496 e.